The van der Waals surface area contributed by atoms with Crippen molar-refractivity contribution in [3.05, 3.63) is 57.9 Å². The number of phenolic OH excluding ortho intramolecular Hbond substituents is 1. The van der Waals surface area contributed by atoms with Crippen LogP contribution in [0.1, 0.15) is 21.6 Å². The van der Waals surface area contributed by atoms with E-state index in [-0.39, 0.29) is 28.1 Å². The molecule has 0 spiro atoms. The highest BCUT2D eigenvalue weighted by molar-refractivity contribution is 6.35. The van der Waals surface area contributed by atoms with Crippen molar-refractivity contribution in [3.63, 3.8) is 0 Å². The fourth-order valence-corrected chi connectivity index (χ4v) is 4.94. The molecular formula is C26H28ClN3O4. The topological polar surface area (TPSA) is 67.2 Å². The minimum Gasteiger partial charge on any atom is -0.506 e. The molecule has 1 aromatic heterocycles. The number of methoxy groups -OCH3 is 1. The lowest BCUT2D eigenvalue weighted by molar-refractivity contribution is 0.101. The number of likely N-dealkylation sites (N-methyl/N-ethyl adjacent to an activating group) is 1. The van der Waals surface area contributed by atoms with Gasteiger partial charge in [-0.15, -0.1) is 0 Å². The summed E-state index contributed by atoms with van der Waals surface area (Å²) in [6.45, 7) is 8.15. The Labute approximate surface area is 203 Å². The van der Waals surface area contributed by atoms with Crippen molar-refractivity contribution in [3.8, 4) is 17.2 Å². The van der Waals surface area contributed by atoms with Crippen LogP contribution < -0.4 is 9.47 Å². The Morgan fingerprint density at radius 3 is 2.65 bits per heavy atom. The highest BCUT2D eigenvalue weighted by atomic mass is 35.5. The van der Waals surface area contributed by atoms with Gasteiger partial charge in [0.15, 0.2) is 11.5 Å². The van der Waals surface area contributed by atoms with Crippen molar-refractivity contribution in [1.82, 2.24) is 14.4 Å². The number of hydrogen-bond donors (Lipinski definition) is 1. The molecule has 178 valence electrons. The first kappa shape index (κ1) is 22.8. The zero-order valence-corrected chi connectivity index (χ0v) is 20.4. The first-order valence-corrected chi connectivity index (χ1v) is 11.8. The van der Waals surface area contributed by atoms with Gasteiger partial charge in [-0.1, -0.05) is 11.6 Å². The smallest absolute Gasteiger partial charge is 0.232 e. The fourth-order valence-electron chi connectivity index (χ4n) is 4.74. The molecule has 2 aliphatic rings. The summed E-state index contributed by atoms with van der Waals surface area (Å²) in [6.07, 6.45) is 1.78. The lowest BCUT2D eigenvalue weighted by Gasteiger charge is -2.32. The minimum atomic E-state index is -0.252. The van der Waals surface area contributed by atoms with Gasteiger partial charge in [0, 0.05) is 61.4 Å². The zero-order chi connectivity index (χ0) is 24.0. The lowest BCUT2D eigenvalue weighted by Crippen LogP contribution is -2.45. The Bertz CT molecular complexity index is 1310. The molecule has 0 saturated carbocycles. The van der Waals surface area contributed by atoms with E-state index >= 15 is 0 Å². The third-order valence-electron chi connectivity index (χ3n) is 6.85. The second-order valence-electron chi connectivity index (χ2n) is 8.89. The molecule has 0 aliphatic carbocycles. The number of phenols is 1. The van der Waals surface area contributed by atoms with E-state index in [1.54, 1.807) is 13.2 Å². The largest absolute Gasteiger partial charge is 0.506 e. The fraction of sp³-hybridized carbons (Fsp3) is 0.346. The number of aromatic hydroxyl groups is 1. The van der Waals surface area contributed by atoms with Crippen molar-refractivity contribution < 1.29 is 19.4 Å². The average molecular weight is 482 g/mol. The summed E-state index contributed by atoms with van der Waals surface area (Å²) in [4.78, 5) is 17.9. The molecule has 0 bridgehead atoms. The molecule has 1 fully saturated rings. The normalized spacial score (nSPS) is 18.0. The van der Waals surface area contributed by atoms with Crippen LogP contribution >= 0.6 is 11.6 Å². The molecule has 3 heterocycles. The number of Topliss-reactive ketones (excluding diaryl/α,β-unsaturated/α-hetero) is 1. The number of benzene rings is 2. The molecule has 34 heavy (non-hydrogen) atoms. The van der Waals surface area contributed by atoms with Crippen LogP contribution in [0.4, 0.5) is 0 Å². The predicted octanol–water partition coefficient (Wildman–Crippen LogP) is 4.18. The number of carbonyl (C=O) groups is 1. The van der Waals surface area contributed by atoms with Crippen LogP contribution in [0.3, 0.4) is 0 Å². The molecule has 2 aliphatic heterocycles. The molecule has 0 amide bonds. The predicted molar refractivity (Wildman–Crippen MR) is 133 cm³/mol. The summed E-state index contributed by atoms with van der Waals surface area (Å²) in [5.74, 6) is 0.769. The number of hydrogen-bond acceptors (Lipinski definition) is 6. The number of fused-ring (bicyclic) bond motifs is 2. The van der Waals surface area contributed by atoms with E-state index in [1.807, 2.05) is 12.1 Å². The van der Waals surface area contributed by atoms with E-state index in [0.29, 0.717) is 5.56 Å². The van der Waals surface area contributed by atoms with Crippen molar-refractivity contribution in [1.29, 1.82) is 0 Å². The molecule has 0 atom stereocenters. The zero-order valence-electron chi connectivity index (χ0n) is 19.6. The van der Waals surface area contributed by atoms with Crippen LogP contribution in [0.2, 0.25) is 5.02 Å². The van der Waals surface area contributed by atoms with Crippen LogP contribution in [0, 0.1) is 6.92 Å². The monoisotopic (exact) mass is 481 g/mol. The van der Waals surface area contributed by atoms with E-state index in [0.717, 1.165) is 67.2 Å². The third kappa shape index (κ3) is 3.94. The third-order valence-corrected chi connectivity index (χ3v) is 7.21. The van der Waals surface area contributed by atoms with Crippen LogP contribution in [-0.2, 0) is 6.54 Å². The molecule has 0 radical (unpaired) electrons. The van der Waals surface area contributed by atoms with E-state index in [1.165, 1.54) is 12.1 Å². The van der Waals surface area contributed by atoms with Crippen molar-refractivity contribution in [2.45, 2.75) is 13.5 Å². The molecule has 0 unspecified atom stereocenters. The first-order valence-electron chi connectivity index (χ1n) is 11.4. The summed E-state index contributed by atoms with van der Waals surface area (Å²) in [7, 11) is 3.80. The number of rotatable bonds is 5. The summed E-state index contributed by atoms with van der Waals surface area (Å²) in [5.41, 5.74) is 3.39. The Morgan fingerprint density at radius 1 is 1.15 bits per heavy atom. The number of halogens is 1. The maximum atomic E-state index is 13.0. The summed E-state index contributed by atoms with van der Waals surface area (Å²) in [5, 5.41) is 10.9. The SMILES string of the molecule is COc1ccc2c(c1)c(C=C1Oc3c(ccc(O)c3Cl)C1=O)c(C)n2CCN1CCN(C)CC1. The van der Waals surface area contributed by atoms with Gasteiger partial charge in [0.2, 0.25) is 5.78 Å². The van der Waals surface area contributed by atoms with Gasteiger partial charge in [0.25, 0.3) is 0 Å². The van der Waals surface area contributed by atoms with Gasteiger partial charge < -0.3 is 24.0 Å². The van der Waals surface area contributed by atoms with Crippen LogP contribution in [0.15, 0.2) is 36.1 Å². The molecule has 1 N–H and O–H groups in total. The minimum absolute atomic E-state index is 0.0437. The van der Waals surface area contributed by atoms with Crippen molar-refractivity contribution in [2.75, 3.05) is 46.9 Å². The second-order valence-corrected chi connectivity index (χ2v) is 9.27. The molecule has 3 aromatic rings. The number of ether oxygens (including phenoxy) is 2. The summed E-state index contributed by atoms with van der Waals surface area (Å²) < 4.78 is 13.6. The number of aromatic nitrogens is 1. The first-order chi connectivity index (χ1) is 16.4. The van der Waals surface area contributed by atoms with Gasteiger partial charge in [-0.3, -0.25) is 9.69 Å². The quantitative estimate of drug-likeness (QED) is 0.551. The van der Waals surface area contributed by atoms with Gasteiger partial charge in [-0.05, 0) is 50.4 Å². The Hall–Kier alpha value is -3.00. The van der Waals surface area contributed by atoms with Gasteiger partial charge in [0.1, 0.15) is 16.5 Å². The maximum Gasteiger partial charge on any atom is 0.232 e. The molecule has 8 heteroatoms. The van der Waals surface area contributed by atoms with Gasteiger partial charge in [-0.25, -0.2) is 0 Å². The molecule has 5 rings (SSSR count). The molecule has 1 saturated heterocycles. The number of allylic oxidation sites excluding steroid dienone is 1. The van der Waals surface area contributed by atoms with E-state index in [4.69, 9.17) is 21.1 Å². The molecular weight excluding hydrogens is 454 g/mol. The Morgan fingerprint density at radius 2 is 1.91 bits per heavy atom. The van der Waals surface area contributed by atoms with Gasteiger partial charge in [-0.2, -0.15) is 0 Å². The number of piperazine rings is 1. The van der Waals surface area contributed by atoms with E-state index < -0.39 is 0 Å². The van der Waals surface area contributed by atoms with Crippen LogP contribution in [0.25, 0.3) is 17.0 Å². The molecule has 2 aromatic carbocycles. The second kappa shape index (κ2) is 8.98. The Balaban J connectivity index is 1.52. The average Bonchev–Trinajstić information content (AvgIpc) is 3.30. The maximum absolute atomic E-state index is 13.0. The van der Waals surface area contributed by atoms with E-state index in [2.05, 4.69) is 34.4 Å². The van der Waals surface area contributed by atoms with Gasteiger partial charge >= 0.3 is 0 Å². The lowest BCUT2D eigenvalue weighted by atomic mass is 10.1. The molecule has 7 nitrogen and oxygen atoms in total. The number of ketones is 1. The summed E-state index contributed by atoms with van der Waals surface area (Å²) >= 11 is 6.18. The highest BCUT2D eigenvalue weighted by Crippen LogP contribution is 2.43. The van der Waals surface area contributed by atoms with E-state index in [9.17, 15) is 9.90 Å². The van der Waals surface area contributed by atoms with Crippen molar-refractivity contribution >= 4 is 34.4 Å². The van der Waals surface area contributed by atoms with Crippen LogP contribution in [0.5, 0.6) is 17.2 Å². The standard InChI is InChI=1S/C26H28ClN3O4/c1-16-19(15-23-25(32)18-5-7-22(31)24(27)26(18)34-23)20-14-17(33-3)4-6-21(20)30(16)13-12-29-10-8-28(2)9-11-29/h4-7,14-15,31H,8-13H2,1-3H3. The van der Waals surface area contributed by atoms with Gasteiger partial charge in [0.05, 0.1) is 12.7 Å². The van der Waals surface area contributed by atoms with Crippen LogP contribution in [-0.4, -0.2) is 72.1 Å². The highest BCUT2D eigenvalue weighted by Gasteiger charge is 2.31. The number of carbonyl (C=O) groups excluding carboxylic acids is 1. The number of nitrogens with zero attached hydrogens (tertiary/aromatic N) is 3. The Kier molecular flexibility index (Phi) is 6.02. The summed E-state index contributed by atoms with van der Waals surface area (Å²) in [6, 6.07) is 8.96. The van der Waals surface area contributed by atoms with Crippen molar-refractivity contribution in [2.24, 2.45) is 0 Å².